The van der Waals surface area contributed by atoms with Crippen LogP contribution in [0, 0.1) is 0 Å². The predicted molar refractivity (Wildman–Crippen MR) is 50.2 cm³/mol. The Morgan fingerprint density at radius 1 is 1.42 bits per heavy atom. The van der Waals surface area contributed by atoms with Crippen LogP contribution in [0.3, 0.4) is 0 Å². The van der Waals surface area contributed by atoms with Crippen molar-refractivity contribution in [2.24, 2.45) is 0 Å². The predicted octanol–water partition coefficient (Wildman–Crippen LogP) is 3.24. The molecule has 0 saturated heterocycles. The minimum Gasteiger partial charge on any atom is -0.380 e. The van der Waals surface area contributed by atoms with E-state index in [4.69, 9.17) is 11.6 Å². The summed E-state index contributed by atoms with van der Waals surface area (Å²) < 4.78 is 11.5. The first-order chi connectivity index (χ1) is 5.84. The smallest absolute Gasteiger partial charge is 0.0844 e. The second kappa shape index (κ2) is 4.78. The number of nitrogens with one attached hydrogen (secondary N) is 1. The summed E-state index contributed by atoms with van der Waals surface area (Å²) in [5, 5.41) is 3.60. The molecule has 0 spiro atoms. The molecule has 0 aliphatic heterocycles. The van der Waals surface area contributed by atoms with Crippen molar-refractivity contribution in [3.63, 3.8) is 0 Å². The van der Waals surface area contributed by atoms with E-state index in [0.29, 0.717) is 17.9 Å². The van der Waals surface area contributed by atoms with E-state index in [9.17, 15) is 4.39 Å². The Balaban J connectivity index is 2.57. The number of halogens is 2. The van der Waals surface area contributed by atoms with Crippen LogP contribution in [0.5, 0.6) is 0 Å². The maximum atomic E-state index is 11.5. The van der Waals surface area contributed by atoms with E-state index in [2.05, 4.69) is 5.32 Å². The highest BCUT2D eigenvalue weighted by Gasteiger charge is 1.94. The van der Waals surface area contributed by atoms with E-state index in [1.807, 2.05) is 18.2 Å². The van der Waals surface area contributed by atoms with Crippen LogP contribution in [0.4, 0.5) is 10.1 Å². The van der Waals surface area contributed by atoms with Crippen LogP contribution in [0.25, 0.3) is 0 Å². The van der Waals surface area contributed by atoms with Crippen LogP contribution >= 0.6 is 11.6 Å². The van der Waals surface area contributed by atoms with Gasteiger partial charge in [0.25, 0.3) is 0 Å². The van der Waals surface area contributed by atoms with Crippen LogP contribution in [0.15, 0.2) is 36.7 Å². The molecule has 0 aliphatic carbocycles. The van der Waals surface area contributed by atoms with Gasteiger partial charge in [-0.25, -0.2) is 4.39 Å². The molecule has 0 unspecified atom stereocenters. The van der Waals surface area contributed by atoms with Crippen LogP contribution in [-0.4, -0.2) is 6.54 Å². The Morgan fingerprint density at radius 2 is 2.17 bits per heavy atom. The summed E-state index contributed by atoms with van der Waals surface area (Å²) in [5.74, 6) is 0. The van der Waals surface area contributed by atoms with Crippen molar-refractivity contribution < 1.29 is 4.39 Å². The van der Waals surface area contributed by atoms with Gasteiger partial charge in [-0.05, 0) is 18.2 Å². The second-order valence-electron chi connectivity index (χ2n) is 2.22. The van der Waals surface area contributed by atoms with E-state index in [1.165, 1.54) is 6.08 Å². The molecule has 1 rings (SSSR count). The summed E-state index contributed by atoms with van der Waals surface area (Å²) in [5.41, 5.74) is 0.817. The molecule has 0 aromatic heterocycles. The molecule has 1 N–H and O–H groups in total. The summed E-state index contributed by atoms with van der Waals surface area (Å²) in [6.45, 7) is 0.445. The average molecular weight is 186 g/mol. The zero-order valence-electron chi connectivity index (χ0n) is 6.43. The fourth-order valence-corrected chi connectivity index (χ4v) is 1.02. The third-order valence-corrected chi connectivity index (χ3v) is 1.70. The van der Waals surface area contributed by atoms with Gasteiger partial charge in [0.2, 0.25) is 0 Å². The van der Waals surface area contributed by atoms with Crippen molar-refractivity contribution in [2.75, 3.05) is 11.9 Å². The van der Waals surface area contributed by atoms with Crippen molar-refractivity contribution in [3.05, 3.63) is 41.7 Å². The molecule has 1 aromatic carbocycles. The van der Waals surface area contributed by atoms with Crippen molar-refractivity contribution in [1.82, 2.24) is 0 Å². The van der Waals surface area contributed by atoms with Crippen molar-refractivity contribution in [1.29, 1.82) is 0 Å². The van der Waals surface area contributed by atoms with Gasteiger partial charge in [-0.15, -0.1) is 0 Å². The maximum absolute atomic E-state index is 11.5. The van der Waals surface area contributed by atoms with Crippen LogP contribution in [0.2, 0.25) is 5.02 Å². The quantitative estimate of drug-likeness (QED) is 0.763. The summed E-state index contributed by atoms with van der Waals surface area (Å²) in [7, 11) is 0. The molecule has 0 saturated carbocycles. The van der Waals surface area contributed by atoms with Gasteiger partial charge in [-0.2, -0.15) is 0 Å². The molecule has 0 atom stereocenters. The van der Waals surface area contributed by atoms with E-state index in [-0.39, 0.29) is 0 Å². The number of rotatable bonds is 3. The monoisotopic (exact) mass is 185 g/mol. The molecule has 1 nitrogen and oxygen atoms in total. The molecule has 64 valence electrons. The number of hydrogen-bond donors (Lipinski definition) is 1. The van der Waals surface area contributed by atoms with E-state index in [1.54, 1.807) is 6.07 Å². The first-order valence-electron chi connectivity index (χ1n) is 3.58. The van der Waals surface area contributed by atoms with E-state index in [0.717, 1.165) is 5.69 Å². The zero-order chi connectivity index (χ0) is 8.81. The SMILES string of the molecule is F/C=C/CNc1ccccc1Cl. The maximum Gasteiger partial charge on any atom is 0.0844 e. The highest BCUT2D eigenvalue weighted by atomic mass is 35.5. The number of anilines is 1. The zero-order valence-corrected chi connectivity index (χ0v) is 7.18. The number of benzene rings is 1. The van der Waals surface area contributed by atoms with Crippen LogP contribution < -0.4 is 5.32 Å². The van der Waals surface area contributed by atoms with Gasteiger partial charge >= 0.3 is 0 Å². The molecule has 0 radical (unpaired) electrons. The minimum absolute atomic E-state index is 0.445. The minimum atomic E-state index is 0.445. The molecule has 3 heteroatoms. The van der Waals surface area contributed by atoms with Gasteiger partial charge in [-0.3, -0.25) is 0 Å². The Morgan fingerprint density at radius 3 is 2.83 bits per heavy atom. The molecule has 0 aliphatic rings. The van der Waals surface area contributed by atoms with Gasteiger partial charge in [0, 0.05) is 6.54 Å². The summed E-state index contributed by atoms with van der Waals surface area (Å²) in [4.78, 5) is 0. The molecular weight excluding hydrogens is 177 g/mol. The van der Waals surface area contributed by atoms with Crippen molar-refractivity contribution in [3.8, 4) is 0 Å². The first kappa shape index (κ1) is 9.07. The summed E-state index contributed by atoms with van der Waals surface area (Å²) in [6, 6.07) is 7.34. The van der Waals surface area contributed by atoms with E-state index >= 15 is 0 Å². The van der Waals surface area contributed by atoms with Crippen LogP contribution in [-0.2, 0) is 0 Å². The Labute approximate surface area is 75.9 Å². The number of para-hydroxylation sites is 1. The standard InChI is InChI=1S/C9H9ClFN/c10-8-4-1-2-5-9(8)12-7-3-6-11/h1-6,12H,7H2/b6-3+. The normalized spacial score (nSPS) is 10.5. The molecule has 1 aromatic rings. The third-order valence-electron chi connectivity index (χ3n) is 1.37. The van der Waals surface area contributed by atoms with Gasteiger partial charge in [0.05, 0.1) is 17.0 Å². The highest BCUT2D eigenvalue weighted by molar-refractivity contribution is 6.33. The largest absolute Gasteiger partial charge is 0.380 e. The third kappa shape index (κ3) is 2.55. The first-order valence-corrected chi connectivity index (χ1v) is 3.96. The number of hydrogen-bond acceptors (Lipinski definition) is 1. The van der Waals surface area contributed by atoms with Crippen LogP contribution in [0.1, 0.15) is 0 Å². The fourth-order valence-electron chi connectivity index (χ4n) is 0.818. The lowest BCUT2D eigenvalue weighted by atomic mass is 10.3. The van der Waals surface area contributed by atoms with Gasteiger partial charge in [0.15, 0.2) is 0 Å². The fraction of sp³-hybridized carbons (Fsp3) is 0.111. The molecule has 0 fully saturated rings. The van der Waals surface area contributed by atoms with Gasteiger partial charge in [-0.1, -0.05) is 23.7 Å². The van der Waals surface area contributed by atoms with Gasteiger partial charge in [0.1, 0.15) is 0 Å². The molecule has 0 amide bonds. The molecule has 0 heterocycles. The van der Waals surface area contributed by atoms with E-state index < -0.39 is 0 Å². The summed E-state index contributed by atoms with van der Waals surface area (Å²) in [6.07, 6.45) is 1.88. The molecular formula is C9H9ClFN. The lowest BCUT2D eigenvalue weighted by Crippen LogP contribution is -1.97. The lowest BCUT2D eigenvalue weighted by molar-refractivity contribution is 0.718. The molecule has 12 heavy (non-hydrogen) atoms. The Bertz CT molecular complexity index is 273. The summed E-state index contributed by atoms with van der Waals surface area (Å²) >= 11 is 5.82. The van der Waals surface area contributed by atoms with Crippen molar-refractivity contribution in [2.45, 2.75) is 0 Å². The van der Waals surface area contributed by atoms with Gasteiger partial charge < -0.3 is 5.32 Å². The Kier molecular flexibility index (Phi) is 3.61. The lowest BCUT2D eigenvalue weighted by Gasteiger charge is -2.03. The Hall–Kier alpha value is -1.02. The average Bonchev–Trinajstić information content (AvgIpc) is 2.09. The second-order valence-corrected chi connectivity index (χ2v) is 2.63. The topological polar surface area (TPSA) is 12.0 Å². The molecule has 0 bridgehead atoms. The van der Waals surface area contributed by atoms with Crippen molar-refractivity contribution >= 4 is 17.3 Å². The highest BCUT2D eigenvalue weighted by Crippen LogP contribution is 2.19.